The maximum absolute atomic E-state index is 14.6. The molecule has 168 valence electrons. The van der Waals surface area contributed by atoms with E-state index in [2.05, 4.69) is 32.1 Å². The van der Waals surface area contributed by atoms with Gasteiger partial charge in [-0.15, -0.1) is 0 Å². The SMILES string of the molecule is Cc1nccc(Sc2c(C)nc(N3CCC4(CC3)Cc3cccnc3C4)c3ccnn23)c1F. The van der Waals surface area contributed by atoms with Crippen LogP contribution in [0.1, 0.15) is 35.5 Å². The van der Waals surface area contributed by atoms with Gasteiger partial charge in [-0.3, -0.25) is 9.97 Å². The molecule has 0 saturated carbocycles. The van der Waals surface area contributed by atoms with Gasteiger partial charge in [0.15, 0.2) is 11.6 Å². The summed E-state index contributed by atoms with van der Waals surface area (Å²) in [4.78, 5) is 16.6. The van der Waals surface area contributed by atoms with Gasteiger partial charge in [-0.1, -0.05) is 17.8 Å². The Labute approximate surface area is 196 Å². The van der Waals surface area contributed by atoms with Crippen molar-refractivity contribution in [3.05, 3.63) is 71.3 Å². The van der Waals surface area contributed by atoms with Crippen LogP contribution in [0.3, 0.4) is 0 Å². The molecule has 0 aromatic carbocycles. The molecule has 0 amide bonds. The summed E-state index contributed by atoms with van der Waals surface area (Å²) >= 11 is 1.35. The third-order valence-electron chi connectivity index (χ3n) is 7.10. The van der Waals surface area contributed by atoms with Gasteiger partial charge in [0.05, 0.1) is 22.5 Å². The van der Waals surface area contributed by atoms with Crippen LogP contribution in [-0.2, 0) is 12.8 Å². The molecule has 0 unspecified atom stereocenters. The van der Waals surface area contributed by atoms with Crippen LogP contribution in [0.4, 0.5) is 10.2 Å². The minimum atomic E-state index is -0.292. The van der Waals surface area contributed by atoms with E-state index in [1.54, 1.807) is 25.4 Å². The normalized spacial score (nSPS) is 17.1. The standard InChI is InChI=1S/C25H25FN6S/c1-16-22(26)21(6-10-27-16)33-24-17(2)30-23(20-5-11-29-32(20)24)31-12-7-25(8-13-31)14-18-4-3-9-28-19(18)15-25/h3-6,9-11H,7-8,12-15H2,1-2H3. The summed E-state index contributed by atoms with van der Waals surface area (Å²) in [7, 11) is 0. The van der Waals surface area contributed by atoms with Crippen molar-refractivity contribution in [3.8, 4) is 0 Å². The molecule has 0 atom stereocenters. The Morgan fingerprint density at radius 3 is 2.64 bits per heavy atom. The van der Waals surface area contributed by atoms with E-state index in [0.29, 0.717) is 16.0 Å². The first-order valence-corrected chi connectivity index (χ1v) is 12.2. The predicted octanol–water partition coefficient (Wildman–Crippen LogP) is 4.81. The van der Waals surface area contributed by atoms with E-state index >= 15 is 0 Å². The summed E-state index contributed by atoms with van der Waals surface area (Å²) in [6.07, 6.45) is 9.81. The molecule has 6 rings (SSSR count). The molecular formula is C25H25FN6S. The van der Waals surface area contributed by atoms with Gasteiger partial charge in [0, 0.05) is 31.2 Å². The third-order valence-corrected chi connectivity index (χ3v) is 8.29. The van der Waals surface area contributed by atoms with E-state index in [-0.39, 0.29) is 5.82 Å². The lowest BCUT2D eigenvalue weighted by Gasteiger charge is -2.40. The number of piperidine rings is 1. The van der Waals surface area contributed by atoms with E-state index < -0.39 is 0 Å². The van der Waals surface area contributed by atoms with Crippen molar-refractivity contribution in [2.24, 2.45) is 5.41 Å². The summed E-state index contributed by atoms with van der Waals surface area (Å²) in [5.74, 6) is 0.670. The number of anilines is 1. The highest BCUT2D eigenvalue weighted by atomic mass is 32.2. The first-order valence-electron chi connectivity index (χ1n) is 11.3. The van der Waals surface area contributed by atoms with Crippen LogP contribution >= 0.6 is 11.8 Å². The maximum Gasteiger partial charge on any atom is 0.158 e. The number of pyridine rings is 2. The quantitative estimate of drug-likeness (QED) is 0.437. The van der Waals surface area contributed by atoms with Crippen molar-refractivity contribution >= 4 is 23.1 Å². The molecule has 0 N–H and O–H groups in total. The monoisotopic (exact) mass is 460 g/mol. The second kappa shape index (κ2) is 7.80. The van der Waals surface area contributed by atoms with Gasteiger partial charge in [0.1, 0.15) is 10.5 Å². The van der Waals surface area contributed by atoms with E-state index in [1.807, 2.05) is 23.7 Å². The average Bonchev–Trinajstić information content (AvgIpc) is 3.44. The summed E-state index contributed by atoms with van der Waals surface area (Å²) in [6.45, 7) is 5.58. The Balaban J connectivity index is 1.28. The highest BCUT2D eigenvalue weighted by Gasteiger charge is 2.41. The van der Waals surface area contributed by atoms with Crippen LogP contribution < -0.4 is 4.90 Å². The molecule has 6 nitrogen and oxygen atoms in total. The molecule has 4 aromatic rings. The van der Waals surface area contributed by atoms with Gasteiger partial charge in [0.25, 0.3) is 0 Å². The van der Waals surface area contributed by atoms with Gasteiger partial charge in [-0.25, -0.2) is 13.9 Å². The van der Waals surface area contributed by atoms with Crippen LogP contribution in [0.5, 0.6) is 0 Å². The molecule has 5 heterocycles. The number of halogens is 1. The lowest BCUT2D eigenvalue weighted by Crippen LogP contribution is -2.41. The molecule has 8 heteroatoms. The van der Waals surface area contributed by atoms with Crippen LogP contribution in [0.2, 0.25) is 0 Å². The number of aryl methyl sites for hydroxylation is 2. The third kappa shape index (κ3) is 3.47. The van der Waals surface area contributed by atoms with Crippen molar-refractivity contribution in [2.75, 3.05) is 18.0 Å². The molecule has 2 aliphatic rings. The van der Waals surface area contributed by atoms with Gasteiger partial charge >= 0.3 is 0 Å². The Kier molecular flexibility index (Phi) is 4.87. The second-order valence-electron chi connectivity index (χ2n) is 9.21. The zero-order chi connectivity index (χ0) is 22.6. The molecule has 33 heavy (non-hydrogen) atoms. The maximum atomic E-state index is 14.6. The lowest BCUT2D eigenvalue weighted by molar-refractivity contribution is 0.231. The molecule has 1 spiro atoms. The van der Waals surface area contributed by atoms with E-state index in [1.165, 1.54) is 23.0 Å². The fourth-order valence-electron chi connectivity index (χ4n) is 5.27. The van der Waals surface area contributed by atoms with Crippen molar-refractivity contribution in [2.45, 2.75) is 49.5 Å². The number of hydrogen-bond donors (Lipinski definition) is 0. The second-order valence-corrected chi connectivity index (χ2v) is 10.2. The molecule has 1 saturated heterocycles. The summed E-state index contributed by atoms with van der Waals surface area (Å²) in [5.41, 5.74) is 5.21. The number of nitrogens with zero attached hydrogens (tertiary/aromatic N) is 6. The topological polar surface area (TPSA) is 59.2 Å². The predicted molar refractivity (Wildman–Crippen MR) is 126 cm³/mol. The zero-order valence-electron chi connectivity index (χ0n) is 18.8. The highest BCUT2D eigenvalue weighted by molar-refractivity contribution is 7.99. The lowest BCUT2D eigenvalue weighted by atomic mass is 9.76. The Hall–Kier alpha value is -3.00. The van der Waals surface area contributed by atoms with Crippen LogP contribution in [0.15, 0.2) is 52.8 Å². The molecule has 1 aliphatic heterocycles. The fraction of sp³-hybridized carbons (Fsp3) is 0.360. The van der Waals surface area contributed by atoms with E-state index in [4.69, 9.17) is 4.98 Å². The number of fused-ring (bicyclic) bond motifs is 2. The van der Waals surface area contributed by atoms with Crippen molar-refractivity contribution in [1.82, 2.24) is 24.6 Å². The minimum absolute atomic E-state index is 0.292. The fourth-order valence-corrected chi connectivity index (χ4v) is 6.27. The number of aromatic nitrogens is 5. The van der Waals surface area contributed by atoms with Crippen LogP contribution in [-0.4, -0.2) is 37.7 Å². The molecule has 1 aliphatic carbocycles. The summed E-state index contributed by atoms with van der Waals surface area (Å²) < 4.78 is 16.5. The van der Waals surface area contributed by atoms with E-state index in [0.717, 1.165) is 60.8 Å². The van der Waals surface area contributed by atoms with Crippen LogP contribution in [0.25, 0.3) is 5.52 Å². The van der Waals surface area contributed by atoms with Crippen molar-refractivity contribution in [3.63, 3.8) is 0 Å². The smallest absolute Gasteiger partial charge is 0.158 e. The molecule has 0 bridgehead atoms. The minimum Gasteiger partial charge on any atom is -0.355 e. The molecule has 4 aromatic heterocycles. The van der Waals surface area contributed by atoms with Gasteiger partial charge in [0.2, 0.25) is 0 Å². The summed E-state index contributed by atoms with van der Waals surface area (Å²) in [5, 5.41) is 5.39. The van der Waals surface area contributed by atoms with Gasteiger partial charge in [-0.05, 0) is 68.7 Å². The summed E-state index contributed by atoms with van der Waals surface area (Å²) in [6, 6.07) is 7.98. The highest BCUT2D eigenvalue weighted by Crippen LogP contribution is 2.45. The Bertz CT molecular complexity index is 1330. The number of hydrogen-bond acceptors (Lipinski definition) is 6. The largest absolute Gasteiger partial charge is 0.355 e. The van der Waals surface area contributed by atoms with Gasteiger partial charge in [-0.2, -0.15) is 5.10 Å². The molecule has 1 fully saturated rings. The number of rotatable bonds is 3. The van der Waals surface area contributed by atoms with Gasteiger partial charge < -0.3 is 4.90 Å². The van der Waals surface area contributed by atoms with Crippen molar-refractivity contribution in [1.29, 1.82) is 0 Å². The molecule has 0 radical (unpaired) electrons. The Morgan fingerprint density at radius 2 is 1.82 bits per heavy atom. The van der Waals surface area contributed by atoms with Crippen molar-refractivity contribution < 1.29 is 4.39 Å². The zero-order valence-corrected chi connectivity index (χ0v) is 19.6. The molecular weight excluding hydrogens is 435 g/mol. The Morgan fingerprint density at radius 1 is 0.970 bits per heavy atom. The van der Waals surface area contributed by atoms with Crippen LogP contribution in [0, 0.1) is 25.1 Å². The first kappa shape index (κ1) is 20.6. The first-order chi connectivity index (χ1) is 16.0. The average molecular weight is 461 g/mol. The van der Waals surface area contributed by atoms with E-state index in [9.17, 15) is 4.39 Å².